The lowest BCUT2D eigenvalue weighted by molar-refractivity contribution is -0.106. The Hall–Kier alpha value is -3.33. The minimum Gasteiger partial charge on any atom is -0.372 e. The Morgan fingerprint density at radius 3 is 1.96 bits per heavy atom. The quantitative estimate of drug-likeness (QED) is 0.548. The van der Waals surface area contributed by atoms with Crippen molar-refractivity contribution in [1.82, 2.24) is 4.57 Å². The third kappa shape index (κ3) is 3.06. The van der Waals surface area contributed by atoms with Crippen molar-refractivity contribution in [2.24, 2.45) is 5.73 Å². The van der Waals surface area contributed by atoms with E-state index in [0.29, 0.717) is 0 Å². The smallest absolute Gasteiger partial charge is 0.204 e. The number of hydrogen-bond donors (Lipinski definition) is 1. The molecule has 4 rings (SSSR count). The van der Waals surface area contributed by atoms with Crippen LogP contribution in [0.1, 0.15) is 0 Å². The molecule has 2 N–H and O–H groups in total. The van der Waals surface area contributed by atoms with Crippen LogP contribution in [-0.4, -0.2) is 11.0 Å². The van der Waals surface area contributed by atoms with Gasteiger partial charge in [0.05, 0.1) is 11.2 Å². The molecule has 3 heteroatoms. The van der Waals surface area contributed by atoms with E-state index in [4.69, 9.17) is 4.79 Å². The second-order valence-corrected chi connectivity index (χ2v) is 5.26. The van der Waals surface area contributed by atoms with Crippen LogP contribution in [0.25, 0.3) is 27.8 Å². The summed E-state index contributed by atoms with van der Waals surface area (Å²) in [5.74, 6) is 0. The van der Waals surface area contributed by atoms with Gasteiger partial charge < -0.3 is 10.3 Å². The second-order valence-electron chi connectivity index (χ2n) is 5.26. The largest absolute Gasteiger partial charge is 0.372 e. The van der Waals surface area contributed by atoms with Gasteiger partial charge in [0.1, 0.15) is 0 Å². The maximum atomic E-state index is 8.58. The summed E-state index contributed by atoms with van der Waals surface area (Å²) < 4.78 is 2.32. The zero-order valence-corrected chi connectivity index (χ0v) is 13.2. The first-order valence-electron chi connectivity index (χ1n) is 7.72. The first kappa shape index (κ1) is 15.6. The van der Waals surface area contributed by atoms with Crippen LogP contribution in [0.4, 0.5) is 0 Å². The number of aromatic nitrogens is 1. The lowest BCUT2D eigenvalue weighted by Gasteiger charge is -2.11. The van der Waals surface area contributed by atoms with E-state index in [1.165, 1.54) is 27.8 Å². The van der Waals surface area contributed by atoms with Crippen molar-refractivity contribution in [3.8, 4) is 16.9 Å². The number of fused-ring (bicyclic) bond motifs is 1. The van der Waals surface area contributed by atoms with E-state index in [1.807, 2.05) is 0 Å². The number of amides is 1. The van der Waals surface area contributed by atoms with Crippen LogP contribution in [-0.2, 0) is 4.79 Å². The SMILES string of the molecule is NC=O.c1ccc(-c2cc3ccccc3n2-c2ccccc2)cc1. The highest BCUT2D eigenvalue weighted by Crippen LogP contribution is 2.31. The molecule has 0 radical (unpaired) electrons. The van der Waals surface area contributed by atoms with Gasteiger partial charge in [-0.05, 0) is 29.8 Å². The summed E-state index contributed by atoms with van der Waals surface area (Å²) in [6.07, 6.45) is 0.250. The van der Waals surface area contributed by atoms with Gasteiger partial charge in [0.2, 0.25) is 6.41 Å². The third-order valence-electron chi connectivity index (χ3n) is 3.79. The van der Waals surface area contributed by atoms with Crippen LogP contribution >= 0.6 is 0 Å². The number of carbonyl (C=O) groups is 1. The number of nitrogens with two attached hydrogens (primary N) is 1. The summed E-state index contributed by atoms with van der Waals surface area (Å²) in [5, 5.41) is 1.26. The van der Waals surface area contributed by atoms with E-state index in [-0.39, 0.29) is 6.41 Å². The Labute approximate surface area is 141 Å². The molecule has 4 aromatic rings. The fourth-order valence-corrected chi connectivity index (χ4v) is 2.83. The predicted molar refractivity (Wildman–Crippen MR) is 99.0 cm³/mol. The van der Waals surface area contributed by atoms with Gasteiger partial charge in [-0.2, -0.15) is 0 Å². The van der Waals surface area contributed by atoms with E-state index < -0.39 is 0 Å². The standard InChI is InChI=1S/C20H15N.CH3NO/c1-3-9-16(10-4-1)20-15-17-11-7-8-14-19(17)21(20)18-12-5-2-6-13-18;2-1-3/h1-15H;1H,(H2,2,3). The Balaban J connectivity index is 0.000000526. The number of primary amides is 1. The lowest BCUT2D eigenvalue weighted by Crippen LogP contribution is -1.95. The summed E-state index contributed by atoms with van der Waals surface area (Å²) in [6.45, 7) is 0. The molecule has 0 bridgehead atoms. The molecular weight excluding hydrogens is 296 g/mol. The van der Waals surface area contributed by atoms with Crippen molar-refractivity contribution >= 4 is 17.3 Å². The molecule has 3 aromatic carbocycles. The Morgan fingerprint density at radius 2 is 1.29 bits per heavy atom. The highest BCUT2D eigenvalue weighted by atomic mass is 16.1. The van der Waals surface area contributed by atoms with E-state index in [0.717, 1.165) is 0 Å². The molecule has 118 valence electrons. The third-order valence-corrected chi connectivity index (χ3v) is 3.79. The number of rotatable bonds is 2. The average Bonchev–Trinajstić information content (AvgIpc) is 3.03. The molecule has 0 aliphatic rings. The van der Waals surface area contributed by atoms with Gasteiger partial charge in [-0.25, -0.2) is 0 Å². The van der Waals surface area contributed by atoms with Crippen molar-refractivity contribution in [3.05, 3.63) is 91.0 Å². The molecule has 1 heterocycles. The summed E-state index contributed by atoms with van der Waals surface area (Å²) in [4.78, 5) is 8.58. The van der Waals surface area contributed by atoms with Gasteiger partial charge in [-0.1, -0.05) is 66.7 Å². The first-order chi connectivity index (χ1) is 11.8. The van der Waals surface area contributed by atoms with E-state index >= 15 is 0 Å². The average molecular weight is 314 g/mol. The molecule has 1 amide bonds. The molecule has 0 aliphatic carbocycles. The van der Waals surface area contributed by atoms with Gasteiger partial charge >= 0.3 is 0 Å². The van der Waals surface area contributed by atoms with Crippen LogP contribution in [0, 0.1) is 0 Å². The normalized spacial score (nSPS) is 10.0. The van der Waals surface area contributed by atoms with Gasteiger partial charge in [0.15, 0.2) is 0 Å². The molecule has 0 spiro atoms. The number of hydrogen-bond acceptors (Lipinski definition) is 1. The zero-order valence-electron chi connectivity index (χ0n) is 13.2. The molecule has 24 heavy (non-hydrogen) atoms. The monoisotopic (exact) mass is 314 g/mol. The lowest BCUT2D eigenvalue weighted by atomic mass is 10.1. The van der Waals surface area contributed by atoms with Crippen LogP contribution in [0.5, 0.6) is 0 Å². The molecular formula is C21H18N2O. The Bertz CT molecular complexity index is 928. The van der Waals surface area contributed by atoms with Crippen molar-refractivity contribution in [2.75, 3.05) is 0 Å². The molecule has 1 aromatic heterocycles. The van der Waals surface area contributed by atoms with Gasteiger partial charge in [0.25, 0.3) is 0 Å². The minimum absolute atomic E-state index is 0.250. The zero-order chi connectivity index (χ0) is 16.8. The van der Waals surface area contributed by atoms with Crippen molar-refractivity contribution in [2.45, 2.75) is 0 Å². The molecule has 0 fully saturated rings. The molecule has 0 aliphatic heterocycles. The van der Waals surface area contributed by atoms with Crippen LogP contribution in [0.2, 0.25) is 0 Å². The van der Waals surface area contributed by atoms with Gasteiger partial charge in [-0.3, -0.25) is 4.79 Å². The van der Waals surface area contributed by atoms with Crippen LogP contribution < -0.4 is 5.73 Å². The fourth-order valence-electron chi connectivity index (χ4n) is 2.83. The molecule has 0 saturated carbocycles. The maximum Gasteiger partial charge on any atom is 0.204 e. The van der Waals surface area contributed by atoms with Crippen molar-refractivity contribution in [3.63, 3.8) is 0 Å². The maximum absolute atomic E-state index is 8.58. The van der Waals surface area contributed by atoms with Crippen molar-refractivity contribution in [1.29, 1.82) is 0 Å². The number of nitrogens with zero attached hydrogens (tertiary/aromatic N) is 1. The Morgan fingerprint density at radius 1 is 0.750 bits per heavy atom. The summed E-state index contributed by atoms with van der Waals surface area (Å²) in [5.41, 5.74) is 9.06. The first-order valence-corrected chi connectivity index (χ1v) is 7.72. The van der Waals surface area contributed by atoms with E-state index in [9.17, 15) is 0 Å². The topological polar surface area (TPSA) is 48.0 Å². The fraction of sp³-hybridized carbons (Fsp3) is 0. The molecule has 0 unspecified atom stereocenters. The van der Waals surface area contributed by atoms with Crippen LogP contribution in [0.3, 0.4) is 0 Å². The summed E-state index contributed by atoms with van der Waals surface area (Å²) >= 11 is 0. The summed E-state index contributed by atoms with van der Waals surface area (Å²) in [7, 11) is 0. The molecule has 0 atom stereocenters. The van der Waals surface area contributed by atoms with Gasteiger partial charge in [0, 0.05) is 11.1 Å². The number of carbonyl (C=O) groups excluding carboxylic acids is 1. The Kier molecular flexibility index (Phi) is 4.73. The van der Waals surface area contributed by atoms with E-state index in [2.05, 4.69) is 101 Å². The summed E-state index contributed by atoms with van der Waals surface area (Å²) in [6, 6.07) is 31.9. The van der Waals surface area contributed by atoms with Gasteiger partial charge in [-0.15, -0.1) is 0 Å². The van der Waals surface area contributed by atoms with Crippen molar-refractivity contribution < 1.29 is 4.79 Å². The minimum atomic E-state index is 0.250. The molecule has 3 nitrogen and oxygen atoms in total. The highest BCUT2D eigenvalue weighted by molar-refractivity contribution is 5.89. The predicted octanol–water partition coefficient (Wildman–Crippen LogP) is 4.40. The number of benzene rings is 3. The van der Waals surface area contributed by atoms with Crippen LogP contribution in [0.15, 0.2) is 91.0 Å². The second kappa shape index (κ2) is 7.29. The molecule has 0 saturated heterocycles. The number of para-hydroxylation sites is 2. The highest BCUT2D eigenvalue weighted by Gasteiger charge is 2.11. The van der Waals surface area contributed by atoms with E-state index in [1.54, 1.807) is 0 Å².